The number of rotatable bonds is 5. The molecule has 2 aliphatic heterocycles. The molecule has 0 aromatic heterocycles. The third kappa shape index (κ3) is 4.55. The number of nitrogens with zero attached hydrogens (tertiary/aromatic N) is 1. The molecule has 138 valence electrons. The van der Waals surface area contributed by atoms with Crippen molar-refractivity contribution in [1.82, 2.24) is 9.62 Å². The molecule has 1 atom stereocenters. The summed E-state index contributed by atoms with van der Waals surface area (Å²) >= 11 is 0. The first-order chi connectivity index (χ1) is 11.8. The van der Waals surface area contributed by atoms with E-state index in [2.05, 4.69) is 4.72 Å². The molecule has 1 fully saturated rings. The second-order valence-corrected chi connectivity index (χ2v) is 8.04. The summed E-state index contributed by atoms with van der Waals surface area (Å²) in [6, 6.07) is 5.06. The van der Waals surface area contributed by atoms with Gasteiger partial charge in [0.05, 0.1) is 6.26 Å². The van der Waals surface area contributed by atoms with E-state index in [0.29, 0.717) is 43.2 Å². The first kappa shape index (κ1) is 17.8. The standard InChI is InChI=1S/C16H22N2O6S/c1-11(24-13-3-4-14-15(9-13)23-10-22-14)16(19)18-7-5-12(6-8-18)17-25(2,20)21/h3-4,9,11-12,17H,5-8,10H2,1-2H3/t11-/m0/s1. The fourth-order valence-corrected chi connectivity index (χ4v) is 3.82. The maximum absolute atomic E-state index is 12.5. The summed E-state index contributed by atoms with van der Waals surface area (Å²) < 4.78 is 41.4. The van der Waals surface area contributed by atoms with Gasteiger partial charge in [-0.05, 0) is 31.9 Å². The predicted octanol–water partition coefficient (Wildman–Crippen LogP) is 0.723. The predicted molar refractivity (Wildman–Crippen MR) is 90.2 cm³/mol. The number of hydrogen-bond acceptors (Lipinski definition) is 6. The Morgan fingerprint density at radius 3 is 2.64 bits per heavy atom. The fraction of sp³-hybridized carbons (Fsp3) is 0.562. The lowest BCUT2D eigenvalue weighted by Crippen LogP contribution is -2.49. The van der Waals surface area contributed by atoms with Crippen LogP contribution in [0.4, 0.5) is 0 Å². The van der Waals surface area contributed by atoms with Crippen molar-refractivity contribution in [3.8, 4) is 17.2 Å². The zero-order chi connectivity index (χ0) is 18.0. The summed E-state index contributed by atoms with van der Waals surface area (Å²) in [5, 5.41) is 0. The zero-order valence-corrected chi connectivity index (χ0v) is 15.0. The quantitative estimate of drug-likeness (QED) is 0.821. The Hall–Kier alpha value is -2.00. The van der Waals surface area contributed by atoms with Crippen LogP contribution in [0.2, 0.25) is 0 Å². The lowest BCUT2D eigenvalue weighted by atomic mass is 10.1. The maximum Gasteiger partial charge on any atom is 0.263 e. The van der Waals surface area contributed by atoms with Crippen molar-refractivity contribution in [3.63, 3.8) is 0 Å². The zero-order valence-electron chi connectivity index (χ0n) is 14.2. The van der Waals surface area contributed by atoms with Crippen LogP contribution in [-0.2, 0) is 14.8 Å². The molecule has 1 amide bonds. The van der Waals surface area contributed by atoms with Gasteiger partial charge < -0.3 is 19.1 Å². The van der Waals surface area contributed by atoms with Crippen molar-refractivity contribution < 1.29 is 27.4 Å². The molecular formula is C16H22N2O6S. The Morgan fingerprint density at radius 1 is 1.28 bits per heavy atom. The molecule has 3 rings (SSSR count). The Bertz CT molecular complexity index is 743. The molecule has 25 heavy (non-hydrogen) atoms. The van der Waals surface area contributed by atoms with E-state index in [0.717, 1.165) is 6.26 Å². The van der Waals surface area contributed by atoms with E-state index in [-0.39, 0.29) is 18.7 Å². The van der Waals surface area contributed by atoms with Gasteiger partial charge in [0.25, 0.3) is 5.91 Å². The SMILES string of the molecule is C[C@H](Oc1ccc2c(c1)OCO2)C(=O)N1CCC(NS(C)(=O)=O)CC1. The second kappa shape index (κ2) is 7.09. The van der Waals surface area contributed by atoms with Crippen molar-refractivity contribution in [2.45, 2.75) is 31.9 Å². The number of amides is 1. The minimum absolute atomic E-state index is 0.115. The molecule has 9 heteroatoms. The third-order valence-corrected chi connectivity index (χ3v) is 4.95. The average molecular weight is 370 g/mol. The molecular weight excluding hydrogens is 348 g/mol. The smallest absolute Gasteiger partial charge is 0.263 e. The molecule has 1 aromatic rings. The minimum atomic E-state index is -3.22. The minimum Gasteiger partial charge on any atom is -0.481 e. The Kier molecular flexibility index (Phi) is 5.05. The van der Waals surface area contributed by atoms with Crippen molar-refractivity contribution in [1.29, 1.82) is 0 Å². The van der Waals surface area contributed by atoms with Crippen LogP contribution in [0.15, 0.2) is 18.2 Å². The molecule has 0 saturated carbocycles. The fourth-order valence-electron chi connectivity index (χ4n) is 2.98. The number of likely N-dealkylation sites (tertiary alicyclic amines) is 1. The Labute approximate surface area is 147 Å². The summed E-state index contributed by atoms with van der Waals surface area (Å²) in [6.45, 7) is 2.89. The highest BCUT2D eigenvalue weighted by Crippen LogP contribution is 2.35. The first-order valence-electron chi connectivity index (χ1n) is 8.14. The molecule has 2 heterocycles. The highest BCUT2D eigenvalue weighted by molar-refractivity contribution is 7.88. The van der Waals surface area contributed by atoms with E-state index in [1.165, 1.54) is 0 Å². The molecule has 2 aliphatic rings. The molecule has 8 nitrogen and oxygen atoms in total. The van der Waals surface area contributed by atoms with Gasteiger partial charge in [-0.3, -0.25) is 4.79 Å². The molecule has 0 bridgehead atoms. The molecule has 0 unspecified atom stereocenters. The van der Waals surface area contributed by atoms with Gasteiger partial charge >= 0.3 is 0 Å². The molecule has 1 saturated heterocycles. The van der Waals surface area contributed by atoms with Gasteiger partial charge in [0.2, 0.25) is 16.8 Å². The van der Waals surface area contributed by atoms with Gasteiger partial charge in [-0.15, -0.1) is 0 Å². The number of carbonyl (C=O) groups excluding carboxylic acids is 1. The molecule has 0 spiro atoms. The van der Waals surface area contributed by atoms with Crippen LogP contribution in [0.3, 0.4) is 0 Å². The summed E-state index contributed by atoms with van der Waals surface area (Å²) in [4.78, 5) is 14.2. The summed E-state index contributed by atoms with van der Waals surface area (Å²) in [5.74, 6) is 1.69. The van der Waals surface area contributed by atoms with E-state index < -0.39 is 16.1 Å². The lowest BCUT2D eigenvalue weighted by Gasteiger charge is -2.33. The summed E-state index contributed by atoms with van der Waals surface area (Å²) in [7, 11) is -3.22. The molecule has 0 radical (unpaired) electrons. The van der Waals surface area contributed by atoms with Crippen molar-refractivity contribution in [2.24, 2.45) is 0 Å². The number of carbonyl (C=O) groups is 1. The van der Waals surface area contributed by atoms with Gasteiger partial charge in [0.15, 0.2) is 17.6 Å². The second-order valence-electron chi connectivity index (χ2n) is 6.26. The molecule has 1 aromatic carbocycles. The van der Waals surface area contributed by atoms with Crippen LogP contribution in [0.5, 0.6) is 17.2 Å². The van der Waals surface area contributed by atoms with Crippen molar-refractivity contribution in [3.05, 3.63) is 18.2 Å². The topological polar surface area (TPSA) is 94.2 Å². The summed E-state index contributed by atoms with van der Waals surface area (Å²) in [5.41, 5.74) is 0. The number of piperidine rings is 1. The third-order valence-electron chi connectivity index (χ3n) is 4.19. The highest BCUT2D eigenvalue weighted by atomic mass is 32.2. The normalized spacial score (nSPS) is 18.9. The van der Waals surface area contributed by atoms with Gasteiger partial charge in [-0.25, -0.2) is 13.1 Å². The van der Waals surface area contributed by atoms with E-state index in [1.54, 1.807) is 30.0 Å². The Balaban J connectivity index is 1.53. The van der Waals surface area contributed by atoms with E-state index in [9.17, 15) is 13.2 Å². The largest absolute Gasteiger partial charge is 0.481 e. The number of fused-ring (bicyclic) bond motifs is 1. The first-order valence-corrected chi connectivity index (χ1v) is 10.0. The number of benzene rings is 1. The lowest BCUT2D eigenvalue weighted by molar-refractivity contribution is -0.139. The van der Waals surface area contributed by atoms with E-state index in [1.807, 2.05) is 0 Å². The van der Waals surface area contributed by atoms with Crippen LogP contribution in [0.1, 0.15) is 19.8 Å². The number of sulfonamides is 1. The van der Waals surface area contributed by atoms with Crippen LogP contribution in [-0.4, -0.2) is 57.5 Å². The van der Waals surface area contributed by atoms with Gasteiger partial charge in [0, 0.05) is 25.2 Å². The number of hydrogen-bond donors (Lipinski definition) is 1. The summed E-state index contributed by atoms with van der Waals surface area (Å²) in [6.07, 6.45) is 1.69. The number of ether oxygens (including phenoxy) is 3. The van der Waals surface area contributed by atoms with E-state index in [4.69, 9.17) is 14.2 Å². The Morgan fingerprint density at radius 2 is 1.96 bits per heavy atom. The van der Waals surface area contributed by atoms with Crippen LogP contribution in [0, 0.1) is 0 Å². The van der Waals surface area contributed by atoms with Gasteiger partial charge in [-0.1, -0.05) is 0 Å². The average Bonchev–Trinajstić information content (AvgIpc) is 3.01. The highest BCUT2D eigenvalue weighted by Gasteiger charge is 2.28. The van der Waals surface area contributed by atoms with Crippen molar-refractivity contribution >= 4 is 15.9 Å². The van der Waals surface area contributed by atoms with Crippen LogP contribution < -0.4 is 18.9 Å². The van der Waals surface area contributed by atoms with Gasteiger partial charge in [0.1, 0.15) is 5.75 Å². The van der Waals surface area contributed by atoms with E-state index >= 15 is 0 Å². The monoisotopic (exact) mass is 370 g/mol. The molecule has 1 N–H and O–H groups in total. The van der Waals surface area contributed by atoms with Crippen LogP contribution in [0.25, 0.3) is 0 Å². The maximum atomic E-state index is 12.5. The van der Waals surface area contributed by atoms with Gasteiger partial charge in [-0.2, -0.15) is 0 Å². The van der Waals surface area contributed by atoms with Crippen LogP contribution >= 0.6 is 0 Å². The van der Waals surface area contributed by atoms with Crippen molar-refractivity contribution in [2.75, 3.05) is 26.1 Å². The number of nitrogens with one attached hydrogen (secondary N) is 1. The molecule has 0 aliphatic carbocycles.